The lowest BCUT2D eigenvalue weighted by Crippen LogP contribution is -2.48. The minimum absolute atomic E-state index is 0.350. The Morgan fingerprint density at radius 2 is 1.95 bits per heavy atom. The van der Waals surface area contributed by atoms with Crippen LogP contribution < -0.4 is 10.0 Å². The van der Waals surface area contributed by atoms with E-state index in [1.807, 2.05) is 11.8 Å². The first-order chi connectivity index (χ1) is 8.85. The highest BCUT2D eigenvalue weighted by atomic mass is 32.2. The second-order valence-corrected chi connectivity index (χ2v) is 6.63. The Hall–Kier alpha value is -0.860. The van der Waals surface area contributed by atoms with Gasteiger partial charge in [0, 0.05) is 13.1 Å². The molecule has 1 amide bonds. The van der Waals surface area contributed by atoms with Crippen molar-refractivity contribution in [1.82, 2.24) is 14.3 Å². The number of nitrogens with zero attached hydrogens (tertiary/aromatic N) is 1. The van der Waals surface area contributed by atoms with E-state index in [4.69, 9.17) is 4.74 Å². The van der Waals surface area contributed by atoms with Gasteiger partial charge in [-0.15, -0.1) is 0 Å². The molecule has 1 aliphatic rings. The SMILES string of the molecule is CNCC1CCN(S(=O)(=O)NC(=O)OC(C)C)CC1. The van der Waals surface area contributed by atoms with Gasteiger partial charge in [-0.3, -0.25) is 0 Å². The topological polar surface area (TPSA) is 87.7 Å². The molecule has 0 spiro atoms. The van der Waals surface area contributed by atoms with Gasteiger partial charge >= 0.3 is 16.3 Å². The van der Waals surface area contributed by atoms with Crippen molar-refractivity contribution >= 4 is 16.3 Å². The molecule has 0 aromatic carbocycles. The van der Waals surface area contributed by atoms with Crippen molar-refractivity contribution in [3.63, 3.8) is 0 Å². The normalized spacial score (nSPS) is 18.5. The summed E-state index contributed by atoms with van der Waals surface area (Å²) in [6, 6.07) is 0. The number of carbonyl (C=O) groups is 1. The fourth-order valence-electron chi connectivity index (χ4n) is 2.05. The van der Waals surface area contributed by atoms with Crippen molar-refractivity contribution in [1.29, 1.82) is 0 Å². The Kier molecular flexibility index (Phi) is 6.02. The smallest absolute Gasteiger partial charge is 0.422 e. The van der Waals surface area contributed by atoms with Crippen LogP contribution in [0.25, 0.3) is 0 Å². The molecule has 0 unspecified atom stereocenters. The summed E-state index contributed by atoms with van der Waals surface area (Å²) in [7, 11) is -1.90. The van der Waals surface area contributed by atoms with E-state index in [9.17, 15) is 13.2 Å². The molecule has 1 heterocycles. The van der Waals surface area contributed by atoms with Gasteiger partial charge in [-0.1, -0.05) is 0 Å². The first kappa shape index (κ1) is 16.2. The summed E-state index contributed by atoms with van der Waals surface area (Å²) in [5.74, 6) is 0.485. The van der Waals surface area contributed by atoms with Crippen molar-refractivity contribution in [3.8, 4) is 0 Å². The lowest BCUT2D eigenvalue weighted by Gasteiger charge is -2.30. The molecule has 2 N–H and O–H groups in total. The minimum atomic E-state index is -3.78. The predicted molar refractivity (Wildman–Crippen MR) is 71.9 cm³/mol. The van der Waals surface area contributed by atoms with Crippen LogP contribution in [0.2, 0.25) is 0 Å². The van der Waals surface area contributed by atoms with E-state index in [1.165, 1.54) is 4.31 Å². The van der Waals surface area contributed by atoms with Crippen molar-refractivity contribution in [3.05, 3.63) is 0 Å². The maximum atomic E-state index is 11.9. The van der Waals surface area contributed by atoms with Gasteiger partial charge in [0.25, 0.3) is 0 Å². The zero-order valence-corrected chi connectivity index (χ0v) is 12.5. The molecule has 0 aromatic heterocycles. The number of carbonyl (C=O) groups excluding carboxylic acids is 1. The van der Waals surface area contributed by atoms with Gasteiger partial charge < -0.3 is 10.1 Å². The summed E-state index contributed by atoms with van der Waals surface area (Å²) in [5.41, 5.74) is 0. The fraction of sp³-hybridized carbons (Fsp3) is 0.909. The van der Waals surface area contributed by atoms with Gasteiger partial charge in [-0.2, -0.15) is 12.7 Å². The van der Waals surface area contributed by atoms with Crippen LogP contribution in [-0.4, -0.2) is 51.6 Å². The third kappa shape index (κ3) is 5.33. The number of nitrogens with one attached hydrogen (secondary N) is 2. The lowest BCUT2D eigenvalue weighted by molar-refractivity contribution is 0.120. The predicted octanol–water partition coefficient (Wildman–Crippen LogP) is 0.297. The monoisotopic (exact) mass is 293 g/mol. The number of hydrogen-bond donors (Lipinski definition) is 2. The van der Waals surface area contributed by atoms with Crippen molar-refractivity contribution in [2.24, 2.45) is 5.92 Å². The zero-order chi connectivity index (χ0) is 14.5. The van der Waals surface area contributed by atoms with Crippen LogP contribution >= 0.6 is 0 Å². The summed E-state index contributed by atoms with van der Waals surface area (Å²) in [4.78, 5) is 11.3. The first-order valence-electron chi connectivity index (χ1n) is 6.48. The summed E-state index contributed by atoms with van der Waals surface area (Å²) in [6.45, 7) is 5.06. The Labute approximate surface area is 114 Å². The maximum absolute atomic E-state index is 11.9. The largest absolute Gasteiger partial charge is 0.446 e. The Morgan fingerprint density at radius 3 is 2.42 bits per heavy atom. The molecule has 0 atom stereocenters. The molecule has 19 heavy (non-hydrogen) atoms. The Morgan fingerprint density at radius 1 is 1.37 bits per heavy atom. The molecule has 1 saturated heterocycles. The summed E-state index contributed by atoms with van der Waals surface area (Å²) in [5, 5.41) is 3.09. The van der Waals surface area contributed by atoms with Crippen LogP contribution in [0.4, 0.5) is 4.79 Å². The number of hydrogen-bond acceptors (Lipinski definition) is 5. The molecule has 1 fully saturated rings. The van der Waals surface area contributed by atoms with Crippen LogP contribution in [0.1, 0.15) is 26.7 Å². The molecule has 0 bridgehead atoms. The quantitative estimate of drug-likeness (QED) is 0.761. The van der Waals surface area contributed by atoms with Gasteiger partial charge in [0.1, 0.15) is 0 Å². The van der Waals surface area contributed by atoms with Gasteiger partial charge in [0.15, 0.2) is 0 Å². The molecular weight excluding hydrogens is 270 g/mol. The van der Waals surface area contributed by atoms with Gasteiger partial charge in [-0.05, 0) is 46.2 Å². The molecular formula is C11H23N3O4S. The van der Waals surface area contributed by atoms with E-state index in [1.54, 1.807) is 13.8 Å². The highest BCUT2D eigenvalue weighted by Crippen LogP contribution is 2.18. The van der Waals surface area contributed by atoms with E-state index < -0.39 is 16.3 Å². The van der Waals surface area contributed by atoms with Crippen LogP contribution in [-0.2, 0) is 14.9 Å². The number of amides is 1. The summed E-state index contributed by atoms with van der Waals surface area (Å²) < 4.78 is 31.9. The molecule has 1 aliphatic heterocycles. The second-order valence-electron chi connectivity index (χ2n) is 4.96. The van der Waals surface area contributed by atoms with Crippen molar-refractivity contribution in [2.45, 2.75) is 32.8 Å². The van der Waals surface area contributed by atoms with Gasteiger partial charge in [-0.25, -0.2) is 9.52 Å². The van der Waals surface area contributed by atoms with Crippen LogP contribution in [0.3, 0.4) is 0 Å². The molecule has 0 aromatic rings. The minimum Gasteiger partial charge on any atom is -0.446 e. The average molecular weight is 293 g/mol. The third-order valence-corrected chi connectivity index (χ3v) is 4.43. The number of rotatable bonds is 5. The summed E-state index contributed by atoms with van der Waals surface area (Å²) in [6.07, 6.45) is 0.311. The van der Waals surface area contributed by atoms with Gasteiger partial charge in [0.05, 0.1) is 6.10 Å². The molecule has 0 aliphatic carbocycles. The first-order valence-corrected chi connectivity index (χ1v) is 7.92. The fourth-order valence-corrected chi connectivity index (χ4v) is 3.13. The lowest BCUT2D eigenvalue weighted by atomic mass is 9.98. The number of piperidine rings is 1. The third-order valence-electron chi connectivity index (χ3n) is 2.96. The van der Waals surface area contributed by atoms with Crippen molar-refractivity contribution in [2.75, 3.05) is 26.7 Å². The molecule has 7 nitrogen and oxygen atoms in total. The van der Waals surface area contributed by atoms with Crippen LogP contribution in [0, 0.1) is 5.92 Å². The van der Waals surface area contributed by atoms with E-state index in [2.05, 4.69) is 5.32 Å². The standard InChI is InChI=1S/C11H23N3O4S/c1-9(2)18-11(15)13-19(16,17)14-6-4-10(5-7-14)8-12-3/h9-10,12H,4-8H2,1-3H3,(H,13,15). The molecule has 1 rings (SSSR count). The number of ether oxygens (including phenoxy) is 1. The average Bonchev–Trinajstić information content (AvgIpc) is 2.28. The second kappa shape index (κ2) is 7.06. The molecule has 0 radical (unpaired) electrons. The molecule has 0 saturated carbocycles. The Balaban J connectivity index is 2.48. The van der Waals surface area contributed by atoms with Gasteiger partial charge in [0.2, 0.25) is 0 Å². The zero-order valence-electron chi connectivity index (χ0n) is 11.7. The Bertz CT molecular complexity index is 389. The highest BCUT2D eigenvalue weighted by Gasteiger charge is 2.29. The van der Waals surface area contributed by atoms with Crippen LogP contribution in [0.15, 0.2) is 0 Å². The molecule has 112 valence electrons. The summed E-state index contributed by atoms with van der Waals surface area (Å²) >= 11 is 0. The van der Waals surface area contributed by atoms with E-state index in [-0.39, 0.29) is 6.10 Å². The maximum Gasteiger partial charge on any atom is 0.422 e. The van der Waals surface area contributed by atoms with Crippen molar-refractivity contribution < 1.29 is 17.9 Å². The highest BCUT2D eigenvalue weighted by molar-refractivity contribution is 7.87. The molecule has 8 heteroatoms. The van der Waals surface area contributed by atoms with E-state index in [0.29, 0.717) is 19.0 Å². The van der Waals surface area contributed by atoms with E-state index >= 15 is 0 Å². The van der Waals surface area contributed by atoms with E-state index in [0.717, 1.165) is 19.4 Å². The van der Waals surface area contributed by atoms with Crippen LogP contribution in [0.5, 0.6) is 0 Å².